The summed E-state index contributed by atoms with van der Waals surface area (Å²) in [7, 11) is 0. The predicted octanol–water partition coefficient (Wildman–Crippen LogP) is 2.42. The number of ether oxygens (including phenoxy) is 1. The summed E-state index contributed by atoms with van der Waals surface area (Å²) in [5, 5.41) is 2.07. The van der Waals surface area contributed by atoms with Gasteiger partial charge in [0.15, 0.2) is 0 Å². The molecule has 1 saturated carbocycles. The smallest absolute Gasteiger partial charge is 0.252 e. The fourth-order valence-corrected chi connectivity index (χ4v) is 3.00. The monoisotopic (exact) mass is 251 g/mol. The summed E-state index contributed by atoms with van der Waals surface area (Å²) in [5.74, 6) is 0.207. The first-order chi connectivity index (χ1) is 8.34. The average Bonchev–Trinajstić information content (AvgIpc) is 2.86. The standard InChI is InChI=1S/C13H17NO2S/c15-13(12-4-1-7-16-12)14(10-5-6-10)9-11-3-2-8-17-11/h2-3,8,10,12H,1,4-7,9H2/t12-/m1/s1. The highest BCUT2D eigenvalue weighted by molar-refractivity contribution is 7.09. The minimum absolute atomic E-state index is 0.171. The van der Waals surface area contributed by atoms with Crippen LogP contribution in [0.25, 0.3) is 0 Å². The van der Waals surface area contributed by atoms with Crippen LogP contribution >= 0.6 is 11.3 Å². The highest BCUT2D eigenvalue weighted by Gasteiger charge is 2.37. The molecule has 1 aromatic rings. The number of thiophene rings is 1. The van der Waals surface area contributed by atoms with Gasteiger partial charge in [0.25, 0.3) is 5.91 Å². The van der Waals surface area contributed by atoms with Gasteiger partial charge in [-0.3, -0.25) is 4.79 Å². The van der Waals surface area contributed by atoms with Crippen molar-refractivity contribution in [2.45, 2.75) is 44.4 Å². The Bertz CT molecular complexity index is 380. The minimum atomic E-state index is -0.171. The molecule has 17 heavy (non-hydrogen) atoms. The molecule has 0 N–H and O–H groups in total. The lowest BCUT2D eigenvalue weighted by atomic mass is 10.2. The number of hydrogen-bond donors (Lipinski definition) is 0. The number of rotatable bonds is 4. The molecule has 0 aromatic carbocycles. The number of carbonyl (C=O) groups is 1. The van der Waals surface area contributed by atoms with E-state index in [9.17, 15) is 4.79 Å². The molecule has 2 fully saturated rings. The summed E-state index contributed by atoms with van der Waals surface area (Å²) < 4.78 is 5.51. The van der Waals surface area contributed by atoms with Crippen molar-refractivity contribution in [1.82, 2.24) is 4.90 Å². The van der Waals surface area contributed by atoms with Crippen LogP contribution in [-0.4, -0.2) is 29.6 Å². The lowest BCUT2D eigenvalue weighted by Gasteiger charge is -2.24. The Morgan fingerprint density at radius 1 is 1.47 bits per heavy atom. The van der Waals surface area contributed by atoms with Gasteiger partial charge in [0.1, 0.15) is 6.10 Å². The summed E-state index contributed by atoms with van der Waals surface area (Å²) in [6.45, 7) is 1.51. The Balaban J connectivity index is 1.68. The zero-order chi connectivity index (χ0) is 11.7. The second-order valence-corrected chi connectivity index (χ2v) is 5.81. The maximum absolute atomic E-state index is 12.4. The van der Waals surface area contributed by atoms with Crippen LogP contribution in [-0.2, 0) is 16.1 Å². The number of nitrogens with zero attached hydrogens (tertiary/aromatic N) is 1. The first-order valence-corrected chi connectivity index (χ1v) is 7.17. The predicted molar refractivity (Wildman–Crippen MR) is 66.9 cm³/mol. The van der Waals surface area contributed by atoms with Crippen LogP contribution in [0.15, 0.2) is 17.5 Å². The van der Waals surface area contributed by atoms with Crippen LogP contribution in [0, 0.1) is 0 Å². The minimum Gasteiger partial charge on any atom is -0.368 e. The SMILES string of the molecule is O=C([C@H]1CCCO1)N(Cc1cccs1)C1CC1. The van der Waals surface area contributed by atoms with Gasteiger partial charge in [0, 0.05) is 17.5 Å². The number of carbonyl (C=O) groups excluding carboxylic acids is 1. The molecule has 0 spiro atoms. The summed E-state index contributed by atoms with van der Waals surface area (Å²) in [6, 6.07) is 4.61. The van der Waals surface area contributed by atoms with E-state index < -0.39 is 0 Å². The maximum atomic E-state index is 12.4. The molecule has 1 saturated heterocycles. The number of hydrogen-bond acceptors (Lipinski definition) is 3. The molecule has 3 rings (SSSR count). The quantitative estimate of drug-likeness (QED) is 0.822. The molecule has 0 unspecified atom stereocenters. The van der Waals surface area contributed by atoms with E-state index >= 15 is 0 Å². The van der Waals surface area contributed by atoms with Gasteiger partial charge in [-0.2, -0.15) is 0 Å². The van der Waals surface area contributed by atoms with Crippen LogP contribution in [0.5, 0.6) is 0 Å². The molecule has 1 amide bonds. The third-order valence-electron chi connectivity index (χ3n) is 3.38. The summed E-state index contributed by atoms with van der Waals surface area (Å²) in [4.78, 5) is 15.7. The van der Waals surface area contributed by atoms with Gasteiger partial charge >= 0.3 is 0 Å². The van der Waals surface area contributed by atoms with Crippen LogP contribution in [0.1, 0.15) is 30.6 Å². The molecule has 1 aliphatic heterocycles. The van der Waals surface area contributed by atoms with Gasteiger partial charge in [-0.15, -0.1) is 11.3 Å². The molecule has 1 aliphatic carbocycles. The largest absolute Gasteiger partial charge is 0.368 e. The van der Waals surface area contributed by atoms with Crippen molar-refractivity contribution in [2.75, 3.05) is 6.61 Å². The van der Waals surface area contributed by atoms with Crippen molar-refractivity contribution in [3.05, 3.63) is 22.4 Å². The Morgan fingerprint density at radius 2 is 2.35 bits per heavy atom. The summed E-state index contributed by atoms with van der Waals surface area (Å²) in [6.07, 6.45) is 4.06. The van der Waals surface area contributed by atoms with Crippen molar-refractivity contribution in [3.63, 3.8) is 0 Å². The first kappa shape index (κ1) is 11.2. The van der Waals surface area contributed by atoms with Crippen LogP contribution in [0.3, 0.4) is 0 Å². The zero-order valence-corrected chi connectivity index (χ0v) is 10.6. The normalized spacial score (nSPS) is 23.9. The summed E-state index contributed by atoms with van der Waals surface area (Å²) >= 11 is 1.72. The molecule has 2 aliphatic rings. The Hall–Kier alpha value is -0.870. The second kappa shape index (κ2) is 4.78. The van der Waals surface area contributed by atoms with Crippen LogP contribution < -0.4 is 0 Å². The highest BCUT2D eigenvalue weighted by Crippen LogP contribution is 2.31. The Morgan fingerprint density at radius 3 is 2.94 bits per heavy atom. The fraction of sp³-hybridized carbons (Fsp3) is 0.615. The topological polar surface area (TPSA) is 29.5 Å². The van der Waals surface area contributed by atoms with Crippen molar-refractivity contribution in [2.24, 2.45) is 0 Å². The lowest BCUT2D eigenvalue weighted by molar-refractivity contribution is -0.142. The van der Waals surface area contributed by atoms with Crippen LogP contribution in [0.2, 0.25) is 0 Å². The molecular formula is C13H17NO2S. The van der Waals surface area contributed by atoms with Crippen LogP contribution in [0.4, 0.5) is 0 Å². The van der Waals surface area contributed by atoms with E-state index in [4.69, 9.17) is 4.74 Å². The molecule has 1 atom stereocenters. The van der Waals surface area contributed by atoms with Gasteiger partial charge in [0.05, 0.1) is 6.54 Å². The number of amides is 1. The van der Waals surface area contributed by atoms with Crippen molar-refractivity contribution < 1.29 is 9.53 Å². The highest BCUT2D eigenvalue weighted by atomic mass is 32.1. The third-order valence-corrected chi connectivity index (χ3v) is 4.24. The molecule has 1 aromatic heterocycles. The van der Waals surface area contributed by atoms with Gasteiger partial charge < -0.3 is 9.64 Å². The molecule has 2 heterocycles. The lowest BCUT2D eigenvalue weighted by Crippen LogP contribution is -2.39. The van der Waals surface area contributed by atoms with Gasteiger partial charge in [0.2, 0.25) is 0 Å². The van der Waals surface area contributed by atoms with Crippen molar-refractivity contribution >= 4 is 17.2 Å². The molecule has 3 nitrogen and oxygen atoms in total. The fourth-order valence-electron chi connectivity index (χ4n) is 2.30. The average molecular weight is 251 g/mol. The van der Waals surface area contributed by atoms with E-state index in [1.807, 2.05) is 11.0 Å². The van der Waals surface area contributed by atoms with E-state index in [-0.39, 0.29) is 12.0 Å². The van der Waals surface area contributed by atoms with E-state index in [0.717, 1.165) is 38.8 Å². The Labute approximate surface area is 105 Å². The Kier molecular flexibility index (Phi) is 3.16. The molecule has 0 radical (unpaired) electrons. The van der Waals surface area contributed by atoms with Gasteiger partial charge in [-0.1, -0.05) is 6.07 Å². The molecule has 92 valence electrons. The van der Waals surface area contributed by atoms with E-state index in [1.165, 1.54) is 4.88 Å². The molecular weight excluding hydrogens is 234 g/mol. The third kappa shape index (κ3) is 2.53. The maximum Gasteiger partial charge on any atom is 0.252 e. The van der Waals surface area contributed by atoms with Gasteiger partial charge in [-0.25, -0.2) is 0 Å². The second-order valence-electron chi connectivity index (χ2n) is 4.78. The molecule has 4 heteroatoms. The van der Waals surface area contributed by atoms with E-state index in [2.05, 4.69) is 11.4 Å². The van der Waals surface area contributed by atoms with Crippen molar-refractivity contribution in [3.8, 4) is 0 Å². The molecule has 0 bridgehead atoms. The van der Waals surface area contributed by atoms with E-state index in [1.54, 1.807) is 11.3 Å². The first-order valence-electron chi connectivity index (χ1n) is 6.29. The summed E-state index contributed by atoms with van der Waals surface area (Å²) in [5.41, 5.74) is 0. The van der Waals surface area contributed by atoms with Gasteiger partial charge in [-0.05, 0) is 37.1 Å². The zero-order valence-electron chi connectivity index (χ0n) is 9.80. The van der Waals surface area contributed by atoms with Crippen molar-refractivity contribution in [1.29, 1.82) is 0 Å². The van der Waals surface area contributed by atoms with E-state index in [0.29, 0.717) is 6.04 Å².